The van der Waals surface area contributed by atoms with Gasteiger partial charge in [-0.25, -0.2) is 9.59 Å². The molecule has 2 rings (SSSR count). The summed E-state index contributed by atoms with van der Waals surface area (Å²) in [5.41, 5.74) is 8.25. The Bertz CT molecular complexity index is 736. The molecule has 0 aromatic carbocycles. The number of esters is 2. The van der Waals surface area contributed by atoms with Gasteiger partial charge in [0.2, 0.25) is 0 Å². The van der Waals surface area contributed by atoms with E-state index in [0.29, 0.717) is 16.9 Å². The van der Waals surface area contributed by atoms with Gasteiger partial charge in [0, 0.05) is 17.0 Å². The van der Waals surface area contributed by atoms with Crippen LogP contribution in [-0.2, 0) is 21.3 Å². The van der Waals surface area contributed by atoms with Crippen molar-refractivity contribution >= 4 is 27.9 Å². The average Bonchev–Trinajstić information content (AvgIpc) is 3.28. The lowest BCUT2D eigenvalue weighted by Crippen LogP contribution is -2.00. The molecule has 0 atom stereocenters. The lowest BCUT2D eigenvalue weighted by molar-refractivity contribution is 0.0580. The molecule has 0 N–H and O–H groups in total. The molecule has 0 saturated carbocycles. The van der Waals surface area contributed by atoms with Gasteiger partial charge in [-0.05, 0) is 5.53 Å². The molecular weight excluding hydrogens is 390 g/mol. The summed E-state index contributed by atoms with van der Waals surface area (Å²) in [6.45, 7) is 0.0283. The zero-order chi connectivity index (χ0) is 17.9. The fourth-order valence-electron chi connectivity index (χ4n) is 1.27. The van der Waals surface area contributed by atoms with Gasteiger partial charge in [0.1, 0.15) is 11.5 Å². The monoisotopic (exact) mass is 401 g/mol. The van der Waals surface area contributed by atoms with Crippen LogP contribution in [0.15, 0.2) is 26.3 Å². The van der Waals surface area contributed by atoms with E-state index in [1.54, 1.807) is 0 Å². The average molecular weight is 402 g/mol. The van der Waals surface area contributed by atoms with Gasteiger partial charge in [-0.2, -0.15) is 0 Å². The molecule has 12 heteroatoms. The number of halogens is 1. The second kappa shape index (κ2) is 10.0. The SMILES string of the molecule is COC(=O)c1cc(CBr)on1.COC(=O)c1cc(CN=[N+]=[N-])on1. The van der Waals surface area contributed by atoms with E-state index in [1.165, 1.54) is 26.4 Å². The molecule has 24 heavy (non-hydrogen) atoms. The van der Waals surface area contributed by atoms with Crippen molar-refractivity contribution in [3.05, 3.63) is 45.5 Å². The molecule has 0 bridgehead atoms. The van der Waals surface area contributed by atoms with Crippen LogP contribution in [0.4, 0.5) is 0 Å². The van der Waals surface area contributed by atoms with E-state index in [2.05, 4.69) is 50.3 Å². The van der Waals surface area contributed by atoms with Gasteiger partial charge >= 0.3 is 11.9 Å². The summed E-state index contributed by atoms with van der Waals surface area (Å²) in [4.78, 5) is 24.2. The summed E-state index contributed by atoms with van der Waals surface area (Å²) in [6, 6.07) is 2.89. The Balaban J connectivity index is 0.000000243. The number of carbonyl (C=O) groups excluding carboxylic acids is 2. The van der Waals surface area contributed by atoms with Crippen molar-refractivity contribution in [1.29, 1.82) is 0 Å². The highest BCUT2D eigenvalue weighted by Crippen LogP contribution is 2.08. The molecule has 0 radical (unpaired) electrons. The minimum atomic E-state index is -0.587. The first kappa shape index (κ1) is 19.2. The summed E-state index contributed by atoms with van der Waals surface area (Å²) >= 11 is 3.16. The quantitative estimate of drug-likeness (QED) is 0.243. The fraction of sp³-hybridized carbons (Fsp3) is 0.333. The zero-order valence-corrected chi connectivity index (χ0v) is 14.2. The van der Waals surface area contributed by atoms with Crippen molar-refractivity contribution in [1.82, 2.24) is 10.3 Å². The molecule has 128 valence electrons. The number of carbonyl (C=O) groups is 2. The van der Waals surface area contributed by atoms with Crippen LogP contribution < -0.4 is 0 Å². The summed E-state index contributed by atoms with van der Waals surface area (Å²) < 4.78 is 18.2. The molecule has 0 amide bonds. The van der Waals surface area contributed by atoms with Gasteiger partial charge in [-0.15, -0.1) is 0 Å². The Hall–Kier alpha value is -2.85. The summed E-state index contributed by atoms with van der Waals surface area (Å²) in [7, 11) is 2.54. The highest BCUT2D eigenvalue weighted by atomic mass is 79.9. The zero-order valence-electron chi connectivity index (χ0n) is 12.6. The van der Waals surface area contributed by atoms with Gasteiger partial charge in [-0.1, -0.05) is 31.4 Å². The van der Waals surface area contributed by atoms with E-state index in [9.17, 15) is 9.59 Å². The van der Waals surface area contributed by atoms with Crippen LogP contribution in [0, 0.1) is 0 Å². The lowest BCUT2D eigenvalue weighted by Gasteiger charge is -1.88. The Morgan fingerprint density at radius 1 is 1.17 bits per heavy atom. The number of azide groups is 1. The van der Waals surface area contributed by atoms with Crippen molar-refractivity contribution in [3.8, 4) is 0 Å². The van der Waals surface area contributed by atoms with Crippen molar-refractivity contribution in [2.45, 2.75) is 11.9 Å². The van der Waals surface area contributed by atoms with E-state index >= 15 is 0 Å². The number of alkyl halides is 1. The molecule has 0 fully saturated rings. The van der Waals surface area contributed by atoms with Gasteiger partial charge in [0.15, 0.2) is 11.4 Å². The number of hydrogen-bond donors (Lipinski definition) is 0. The summed E-state index contributed by atoms with van der Waals surface area (Å²) in [5.74, 6) is -0.152. The largest absolute Gasteiger partial charge is 0.464 e. The molecule has 0 aliphatic rings. The maximum absolute atomic E-state index is 10.9. The molecule has 0 unspecified atom stereocenters. The van der Waals surface area contributed by atoms with E-state index in [4.69, 9.17) is 10.1 Å². The Kier molecular flexibility index (Phi) is 8.02. The number of methoxy groups -OCH3 is 2. The maximum atomic E-state index is 10.9. The van der Waals surface area contributed by atoms with E-state index in [1.807, 2.05) is 0 Å². The number of rotatable bonds is 5. The molecule has 2 heterocycles. The molecule has 0 saturated heterocycles. The van der Waals surface area contributed by atoms with Crippen LogP contribution >= 0.6 is 15.9 Å². The number of nitrogens with zero attached hydrogens (tertiary/aromatic N) is 5. The molecule has 2 aromatic rings. The van der Waals surface area contributed by atoms with Gasteiger partial charge in [0.25, 0.3) is 0 Å². The molecule has 0 spiro atoms. The predicted molar refractivity (Wildman–Crippen MR) is 81.2 cm³/mol. The Morgan fingerprint density at radius 2 is 1.67 bits per heavy atom. The second-order valence-electron chi connectivity index (χ2n) is 3.86. The standard InChI is InChI=1S/C6H6BrNO3.C6H6N4O3/c1-10-6(9)5-2-4(3-7)11-8-5;1-12-6(11)5-2-4(13-9-5)3-8-10-7/h2H,3H2,1H3;2H,3H2,1H3. The first-order valence-corrected chi connectivity index (χ1v) is 7.32. The fourth-order valence-corrected chi connectivity index (χ4v) is 1.53. The number of ether oxygens (including phenoxy) is 2. The number of hydrogen-bond acceptors (Lipinski definition) is 9. The third-order valence-electron chi connectivity index (χ3n) is 2.33. The van der Waals surface area contributed by atoms with Crippen molar-refractivity contribution in [2.75, 3.05) is 14.2 Å². The molecule has 11 nitrogen and oxygen atoms in total. The molecular formula is C12H12BrN5O6. The minimum absolute atomic E-state index is 0.0283. The Labute approximate surface area is 143 Å². The third kappa shape index (κ3) is 5.74. The topological polar surface area (TPSA) is 153 Å². The van der Waals surface area contributed by atoms with Crippen LogP contribution in [0.25, 0.3) is 10.4 Å². The Morgan fingerprint density at radius 3 is 2.08 bits per heavy atom. The molecule has 0 aliphatic heterocycles. The predicted octanol–water partition coefficient (Wildman–Crippen LogP) is 2.63. The van der Waals surface area contributed by atoms with Crippen molar-refractivity contribution in [2.24, 2.45) is 5.11 Å². The second-order valence-corrected chi connectivity index (χ2v) is 4.42. The number of aromatic nitrogens is 2. The minimum Gasteiger partial charge on any atom is -0.464 e. The van der Waals surface area contributed by atoms with E-state index < -0.39 is 11.9 Å². The van der Waals surface area contributed by atoms with Crippen LogP contribution in [0.2, 0.25) is 0 Å². The highest BCUT2D eigenvalue weighted by molar-refractivity contribution is 9.08. The highest BCUT2D eigenvalue weighted by Gasteiger charge is 2.12. The first-order chi connectivity index (χ1) is 11.5. The van der Waals surface area contributed by atoms with E-state index in [-0.39, 0.29) is 17.9 Å². The molecule has 2 aromatic heterocycles. The van der Waals surface area contributed by atoms with Crippen LogP contribution in [0.1, 0.15) is 32.5 Å². The lowest BCUT2D eigenvalue weighted by atomic mass is 10.4. The van der Waals surface area contributed by atoms with Crippen LogP contribution in [0.3, 0.4) is 0 Å². The van der Waals surface area contributed by atoms with Gasteiger partial charge in [-0.3, -0.25) is 0 Å². The molecule has 0 aliphatic carbocycles. The van der Waals surface area contributed by atoms with Crippen molar-refractivity contribution < 1.29 is 28.1 Å². The smallest absolute Gasteiger partial charge is 0.360 e. The van der Waals surface area contributed by atoms with E-state index in [0.717, 1.165) is 0 Å². The maximum Gasteiger partial charge on any atom is 0.360 e. The summed E-state index contributed by atoms with van der Waals surface area (Å²) in [6.07, 6.45) is 0. The van der Waals surface area contributed by atoms with Gasteiger partial charge in [0.05, 0.1) is 26.1 Å². The van der Waals surface area contributed by atoms with Crippen molar-refractivity contribution in [3.63, 3.8) is 0 Å². The summed E-state index contributed by atoms with van der Waals surface area (Å²) in [5, 5.41) is 10.7. The van der Waals surface area contributed by atoms with Crippen LogP contribution in [-0.4, -0.2) is 36.5 Å². The van der Waals surface area contributed by atoms with Crippen LogP contribution in [0.5, 0.6) is 0 Å². The van der Waals surface area contributed by atoms with Gasteiger partial charge < -0.3 is 18.5 Å². The third-order valence-corrected chi connectivity index (χ3v) is 2.88. The normalized spacial score (nSPS) is 9.29. The first-order valence-electron chi connectivity index (χ1n) is 6.20.